The van der Waals surface area contributed by atoms with Crippen LogP contribution in [-0.4, -0.2) is 51.0 Å². The Balaban J connectivity index is 1.51. The van der Waals surface area contributed by atoms with Crippen LogP contribution in [0.15, 0.2) is 53.4 Å². The van der Waals surface area contributed by atoms with E-state index < -0.39 is 15.6 Å². The van der Waals surface area contributed by atoms with Crippen LogP contribution >= 0.6 is 0 Å². The lowest BCUT2D eigenvalue weighted by Gasteiger charge is -2.41. The largest absolute Gasteiger partial charge is 0.495 e. The van der Waals surface area contributed by atoms with Crippen molar-refractivity contribution >= 4 is 15.9 Å². The number of hydrogen-bond donors (Lipinski definition) is 1. The fraction of sp³-hybridized carbons (Fsp3) is 0.409. The van der Waals surface area contributed by atoms with Gasteiger partial charge in [0.05, 0.1) is 19.2 Å². The third-order valence-electron chi connectivity index (χ3n) is 6.14. The number of para-hydroxylation sites is 2. The number of methoxy groups -OCH3 is 1. The smallest absolute Gasteiger partial charge is 0.255 e. The molecule has 0 saturated heterocycles. The van der Waals surface area contributed by atoms with Crippen LogP contribution in [0.5, 0.6) is 11.5 Å². The number of ether oxygens (including phenoxy) is 2. The van der Waals surface area contributed by atoms with Gasteiger partial charge in [0.25, 0.3) is 5.91 Å². The number of amides is 1. The molecule has 8 heteroatoms. The molecular formula is C22H26N2O5S. The van der Waals surface area contributed by atoms with Crippen LogP contribution in [0.1, 0.15) is 36.0 Å². The number of carbonyl (C=O) groups is 1. The highest BCUT2D eigenvalue weighted by Gasteiger charge is 2.43. The molecule has 2 aromatic carbocycles. The summed E-state index contributed by atoms with van der Waals surface area (Å²) in [4.78, 5) is 12.5. The highest BCUT2D eigenvalue weighted by atomic mass is 32.2. The molecule has 1 amide bonds. The monoisotopic (exact) mass is 430 g/mol. The van der Waals surface area contributed by atoms with E-state index in [4.69, 9.17) is 9.47 Å². The zero-order valence-electron chi connectivity index (χ0n) is 17.1. The average molecular weight is 431 g/mol. The van der Waals surface area contributed by atoms with Gasteiger partial charge in [0.1, 0.15) is 22.0 Å². The second kappa shape index (κ2) is 7.92. The molecule has 30 heavy (non-hydrogen) atoms. The van der Waals surface area contributed by atoms with Crippen molar-refractivity contribution in [2.24, 2.45) is 0 Å². The molecule has 2 aromatic rings. The molecule has 0 bridgehead atoms. The van der Waals surface area contributed by atoms with Crippen molar-refractivity contribution < 1.29 is 22.7 Å². The normalized spacial score (nSPS) is 24.0. The first-order valence-electron chi connectivity index (χ1n) is 10.0. The van der Waals surface area contributed by atoms with Gasteiger partial charge < -0.3 is 14.8 Å². The molecule has 0 radical (unpaired) electrons. The molecule has 7 nitrogen and oxygen atoms in total. The maximum atomic E-state index is 13.2. The van der Waals surface area contributed by atoms with E-state index in [9.17, 15) is 13.2 Å². The summed E-state index contributed by atoms with van der Waals surface area (Å²) in [5.41, 5.74) is 0.0146. The lowest BCUT2D eigenvalue weighted by Crippen LogP contribution is -2.51. The Hall–Kier alpha value is -2.58. The molecule has 1 N–H and O–H groups in total. The Morgan fingerprint density at radius 2 is 1.77 bits per heavy atom. The molecule has 1 saturated carbocycles. The third kappa shape index (κ3) is 3.65. The summed E-state index contributed by atoms with van der Waals surface area (Å²) >= 11 is 0. The second-order valence-electron chi connectivity index (χ2n) is 7.87. The van der Waals surface area contributed by atoms with E-state index in [1.54, 1.807) is 37.4 Å². The quantitative estimate of drug-likeness (QED) is 0.806. The Morgan fingerprint density at radius 1 is 1.10 bits per heavy atom. The molecule has 2 aliphatic rings. The van der Waals surface area contributed by atoms with Crippen molar-refractivity contribution in [2.75, 3.05) is 20.7 Å². The summed E-state index contributed by atoms with van der Waals surface area (Å²) in [6.45, 7) is 0.413. The number of nitrogens with one attached hydrogen (secondary N) is 1. The summed E-state index contributed by atoms with van der Waals surface area (Å²) < 4.78 is 39.4. The van der Waals surface area contributed by atoms with Gasteiger partial charge in [-0.05, 0) is 49.9 Å². The molecule has 1 spiro atoms. The predicted octanol–water partition coefficient (Wildman–Crippen LogP) is 2.82. The zero-order valence-corrected chi connectivity index (χ0v) is 17.9. The predicted molar refractivity (Wildman–Crippen MR) is 112 cm³/mol. The number of rotatable bonds is 4. The fourth-order valence-corrected chi connectivity index (χ4v) is 5.87. The highest BCUT2D eigenvalue weighted by molar-refractivity contribution is 7.89. The second-order valence-corrected chi connectivity index (χ2v) is 9.83. The van der Waals surface area contributed by atoms with Gasteiger partial charge >= 0.3 is 0 Å². The van der Waals surface area contributed by atoms with Crippen LogP contribution in [0.2, 0.25) is 0 Å². The topological polar surface area (TPSA) is 84.9 Å². The number of benzene rings is 2. The van der Waals surface area contributed by atoms with Gasteiger partial charge in [-0.2, -0.15) is 4.31 Å². The standard InChI is InChI=1S/C22H26N2O5S/c1-24(30(26,27)20-10-6-5-9-19(20)28-2)16-11-13-22(14-12-16)15-23-21(25)17-7-3-4-8-18(17)29-22/h3-10,16H,11-15H2,1-2H3,(H,23,25). The van der Waals surface area contributed by atoms with Crippen LogP contribution in [0, 0.1) is 0 Å². The number of fused-ring (bicyclic) bond motifs is 1. The van der Waals surface area contributed by atoms with E-state index >= 15 is 0 Å². The molecule has 1 fully saturated rings. The maximum absolute atomic E-state index is 13.2. The average Bonchev–Trinajstić information content (AvgIpc) is 2.90. The molecule has 0 atom stereocenters. The fourth-order valence-electron chi connectivity index (χ4n) is 4.30. The van der Waals surface area contributed by atoms with Gasteiger partial charge in [0.15, 0.2) is 0 Å². The molecule has 1 aliphatic carbocycles. The summed E-state index contributed by atoms with van der Waals surface area (Å²) in [6, 6.07) is 13.7. The van der Waals surface area contributed by atoms with Crippen molar-refractivity contribution in [3.63, 3.8) is 0 Å². The maximum Gasteiger partial charge on any atom is 0.255 e. The van der Waals surface area contributed by atoms with Crippen LogP contribution in [0.25, 0.3) is 0 Å². The van der Waals surface area contributed by atoms with E-state index in [-0.39, 0.29) is 16.8 Å². The lowest BCUT2D eigenvalue weighted by atomic mass is 9.82. The molecule has 0 unspecified atom stereocenters. The zero-order chi connectivity index (χ0) is 21.4. The van der Waals surface area contributed by atoms with E-state index in [0.29, 0.717) is 49.3 Å². The first-order valence-corrected chi connectivity index (χ1v) is 11.5. The summed E-state index contributed by atoms with van der Waals surface area (Å²) in [7, 11) is -0.604. The Morgan fingerprint density at radius 3 is 2.50 bits per heavy atom. The van der Waals surface area contributed by atoms with E-state index in [2.05, 4.69) is 5.32 Å². The van der Waals surface area contributed by atoms with Gasteiger partial charge in [-0.25, -0.2) is 8.42 Å². The number of hydrogen-bond acceptors (Lipinski definition) is 5. The van der Waals surface area contributed by atoms with Crippen LogP contribution in [0.3, 0.4) is 0 Å². The molecule has 1 heterocycles. The number of nitrogens with zero attached hydrogens (tertiary/aromatic N) is 1. The van der Waals surface area contributed by atoms with E-state index in [0.717, 1.165) is 0 Å². The first kappa shape index (κ1) is 20.7. The Labute approximate surface area is 177 Å². The Bertz CT molecular complexity index is 1040. The molecule has 160 valence electrons. The van der Waals surface area contributed by atoms with Gasteiger partial charge in [-0.3, -0.25) is 4.79 Å². The Kier molecular flexibility index (Phi) is 5.46. The van der Waals surface area contributed by atoms with Gasteiger partial charge in [-0.1, -0.05) is 24.3 Å². The van der Waals surface area contributed by atoms with Crippen molar-refractivity contribution in [3.8, 4) is 11.5 Å². The molecule has 0 aromatic heterocycles. The highest BCUT2D eigenvalue weighted by Crippen LogP contribution is 2.38. The minimum absolute atomic E-state index is 0.138. The minimum Gasteiger partial charge on any atom is -0.495 e. The van der Waals surface area contributed by atoms with E-state index in [1.165, 1.54) is 11.4 Å². The first-order chi connectivity index (χ1) is 14.4. The SMILES string of the molecule is COc1ccccc1S(=O)(=O)N(C)C1CCC2(CC1)CNC(=O)c1ccccc1O2. The van der Waals surface area contributed by atoms with Gasteiger partial charge in [0, 0.05) is 13.1 Å². The number of carbonyl (C=O) groups excluding carboxylic acids is 1. The van der Waals surface area contributed by atoms with Crippen molar-refractivity contribution in [2.45, 2.75) is 42.2 Å². The number of sulfonamides is 1. The molecule has 1 aliphatic heterocycles. The van der Waals surface area contributed by atoms with Crippen molar-refractivity contribution in [1.82, 2.24) is 9.62 Å². The van der Waals surface area contributed by atoms with Gasteiger partial charge in [-0.15, -0.1) is 0 Å². The molecule has 4 rings (SSSR count). The van der Waals surface area contributed by atoms with Crippen LogP contribution < -0.4 is 14.8 Å². The van der Waals surface area contributed by atoms with Crippen molar-refractivity contribution in [1.29, 1.82) is 0 Å². The van der Waals surface area contributed by atoms with Crippen LogP contribution in [0.4, 0.5) is 0 Å². The summed E-state index contributed by atoms with van der Waals surface area (Å²) in [5.74, 6) is 0.782. The van der Waals surface area contributed by atoms with Crippen molar-refractivity contribution in [3.05, 3.63) is 54.1 Å². The van der Waals surface area contributed by atoms with Crippen LogP contribution in [-0.2, 0) is 10.0 Å². The minimum atomic E-state index is -3.69. The third-order valence-corrected chi connectivity index (χ3v) is 8.09. The lowest BCUT2D eigenvalue weighted by molar-refractivity contribution is 0.0196. The van der Waals surface area contributed by atoms with Gasteiger partial charge in [0.2, 0.25) is 10.0 Å². The van der Waals surface area contributed by atoms with E-state index in [1.807, 2.05) is 18.2 Å². The summed E-state index contributed by atoms with van der Waals surface area (Å²) in [5, 5.41) is 2.96. The summed E-state index contributed by atoms with van der Waals surface area (Å²) in [6.07, 6.45) is 2.59. The molecular weight excluding hydrogens is 404 g/mol.